The molecule has 0 fully saturated rings. The Balaban J connectivity index is 2.16. The summed E-state index contributed by atoms with van der Waals surface area (Å²) in [5.41, 5.74) is 4.04. The van der Waals surface area contributed by atoms with Crippen LogP contribution in [0.15, 0.2) is 40.2 Å². The van der Waals surface area contributed by atoms with Crippen LogP contribution in [0.5, 0.6) is 0 Å². The van der Waals surface area contributed by atoms with E-state index < -0.39 is 5.56 Å². The SMILES string of the molecule is Cc1cc(C)n(/N=C\c2c(C)[nH]c3ccccc23)c(=O)c1C#N. The molecule has 0 atom stereocenters. The number of aryl methyl sites for hydroxylation is 3. The lowest BCUT2D eigenvalue weighted by molar-refractivity contribution is 0.786. The fourth-order valence-corrected chi connectivity index (χ4v) is 2.74. The number of nitriles is 1. The minimum atomic E-state index is -0.390. The predicted molar refractivity (Wildman–Crippen MR) is 90.9 cm³/mol. The number of nitrogens with one attached hydrogen (secondary N) is 1. The maximum Gasteiger partial charge on any atom is 0.289 e. The zero-order chi connectivity index (χ0) is 16.6. The zero-order valence-electron chi connectivity index (χ0n) is 13.2. The van der Waals surface area contributed by atoms with Gasteiger partial charge in [-0.3, -0.25) is 4.79 Å². The van der Waals surface area contributed by atoms with Crippen molar-refractivity contribution in [1.82, 2.24) is 9.66 Å². The van der Waals surface area contributed by atoms with Crippen LogP contribution in [0.1, 0.15) is 28.1 Å². The first-order valence-electron chi connectivity index (χ1n) is 7.28. The molecule has 114 valence electrons. The van der Waals surface area contributed by atoms with Gasteiger partial charge in [0.15, 0.2) is 0 Å². The number of benzene rings is 1. The minimum Gasteiger partial charge on any atom is -0.358 e. The second kappa shape index (κ2) is 5.58. The van der Waals surface area contributed by atoms with Gasteiger partial charge in [-0.1, -0.05) is 18.2 Å². The van der Waals surface area contributed by atoms with E-state index in [2.05, 4.69) is 10.1 Å². The summed E-state index contributed by atoms with van der Waals surface area (Å²) in [7, 11) is 0. The molecule has 1 N–H and O–H groups in total. The monoisotopic (exact) mass is 304 g/mol. The summed E-state index contributed by atoms with van der Waals surface area (Å²) in [4.78, 5) is 15.7. The van der Waals surface area contributed by atoms with Gasteiger partial charge < -0.3 is 4.98 Å². The maximum atomic E-state index is 12.4. The summed E-state index contributed by atoms with van der Waals surface area (Å²) < 4.78 is 1.27. The van der Waals surface area contributed by atoms with Gasteiger partial charge in [0.25, 0.3) is 5.56 Å². The van der Waals surface area contributed by atoms with Crippen molar-refractivity contribution < 1.29 is 0 Å². The van der Waals surface area contributed by atoms with Crippen molar-refractivity contribution in [3.8, 4) is 6.07 Å². The first-order chi connectivity index (χ1) is 11.0. The molecular weight excluding hydrogens is 288 g/mol. The Morgan fingerprint density at radius 3 is 2.74 bits per heavy atom. The molecule has 5 nitrogen and oxygen atoms in total. The van der Waals surface area contributed by atoms with E-state index >= 15 is 0 Å². The predicted octanol–water partition coefficient (Wildman–Crippen LogP) is 3.01. The molecule has 23 heavy (non-hydrogen) atoms. The highest BCUT2D eigenvalue weighted by atomic mass is 16.1. The average molecular weight is 304 g/mol. The van der Waals surface area contributed by atoms with Crippen LogP contribution in [0.25, 0.3) is 10.9 Å². The van der Waals surface area contributed by atoms with Gasteiger partial charge in [-0.25, -0.2) is 4.68 Å². The van der Waals surface area contributed by atoms with E-state index in [4.69, 9.17) is 5.26 Å². The van der Waals surface area contributed by atoms with Gasteiger partial charge in [0.1, 0.15) is 11.6 Å². The molecule has 2 heterocycles. The quantitative estimate of drug-likeness (QED) is 0.739. The van der Waals surface area contributed by atoms with Gasteiger partial charge in [0.2, 0.25) is 0 Å². The van der Waals surface area contributed by atoms with E-state index in [1.807, 2.05) is 37.3 Å². The van der Waals surface area contributed by atoms with Crippen LogP contribution in [-0.2, 0) is 0 Å². The molecule has 0 aliphatic rings. The van der Waals surface area contributed by atoms with Crippen molar-refractivity contribution >= 4 is 17.1 Å². The average Bonchev–Trinajstić information content (AvgIpc) is 2.83. The lowest BCUT2D eigenvalue weighted by Gasteiger charge is -2.06. The van der Waals surface area contributed by atoms with Gasteiger partial charge >= 0.3 is 0 Å². The summed E-state index contributed by atoms with van der Waals surface area (Å²) in [6.07, 6.45) is 1.67. The van der Waals surface area contributed by atoms with Crippen LogP contribution in [0.4, 0.5) is 0 Å². The largest absolute Gasteiger partial charge is 0.358 e. The summed E-state index contributed by atoms with van der Waals surface area (Å²) in [6.45, 7) is 5.52. The smallest absolute Gasteiger partial charge is 0.289 e. The molecule has 1 aromatic carbocycles. The zero-order valence-corrected chi connectivity index (χ0v) is 13.2. The van der Waals surface area contributed by atoms with Gasteiger partial charge in [-0.05, 0) is 38.5 Å². The summed E-state index contributed by atoms with van der Waals surface area (Å²) in [6, 6.07) is 11.7. The highest BCUT2D eigenvalue weighted by molar-refractivity contribution is 6.00. The third kappa shape index (κ3) is 2.44. The number of nitrogens with zero attached hydrogens (tertiary/aromatic N) is 3. The van der Waals surface area contributed by atoms with Crippen LogP contribution < -0.4 is 5.56 Å². The van der Waals surface area contributed by atoms with E-state index in [1.54, 1.807) is 26.1 Å². The molecule has 0 saturated heterocycles. The Morgan fingerprint density at radius 1 is 1.26 bits per heavy atom. The summed E-state index contributed by atoms with van der Waals surface area (Å²) in [5, 5.41) is 14.5. The third-order valence-corrected chi connectivity index (χ3v) is 3.92. The highest BCUT2D eigenvalue weighted by Crippen LogP contribution is 2.20. The Hall–Kier alpha value is -3.13. The van der Waals surface area contributed by atoms with E-state index in [-0.39, 0.29) is 5.56 Å². The van der Waals surface area contributed by atoms with Crippen LogP contribution >= 0.6 is 0 Å². The number of hydrogen-bond acceptors (Lipinski definition) is 3. The topological polar surface area (TPSA) is 73.9 Å². The molecule has 0 bridgehead atoms. The van der Waals surface area contributed by atoms with Crippen molar-refractivity contribution in [2.24, 2.45) is 5.10 Å². The van der Waals surface area contributed by atoms with Crippen molar-refractivity contribution in [2.45, 2.75) is 20.8 Å². The van der Waals surface area contributed by atoms with E-state index in [9.17, 15) is 4.79 Å². The van der Waals surface area contributed by atoms with Gasteiger partial charge in [0, 0.05) is 27.9 Å². The molecule has 0 aliphatic heterocycles. The molecule has 0 aliphatic carbocycles. The number of aromatic nitrogens is 2. The van der Waals surface area contributed by atoms with E-state index in [0.717, 1.165) is 22.2 Å². The first-order valence-corrected chi connectivity index (χ1v) is 7.28. The molecule has 2 aromatic heterocycles. The van der Waals surface area contributed by atoms with Crippen molar-refractivity contribution in [3.63, 3.8) is 0 Å². The number of hydrogen-bond donors (Lipinski definition) is 1. The van der Waals surface area contributed by atoms with Gasteiger partial charge in [-0.15, -0.1) is 0 Å². The van der Waals surface area contributed by atoms with Crippen LogP contribution in [0.3, 0.4) is 0 Å². The Bertz CT molecular complexity index is 1030. The number of para-hydroxylation sites is 1. The molecule has 0 amide bonds. The van der Waals surface area contributed by atoms with Gasteiger partial charge in [-0.2, -0.15) is 10.4 Å². The Labute approximate surface area is 133 Å². The third-order valence-electron chi connectivity index (χ3n) is 3.92. The molecule has 3 rings (SSSR count). The molecule has 0 saturated carbocycles. The molecule has 5 heteroatoms. The fourth-order valence-electron chi connectivity index (χ4n) is 2.74. The minimum absolute atomic E-state index is 0.128. The first kappa shape index (κ1) is 14.8. The fraction of sp³-hybridized carbons (Fsp3) is 0.167. The summed E-state index contributed by atoms with van der Waals surface area (Å²) >= 11 is 0. The molecule has 0 unspecified atom stereocenters. The lowest BCUT2D eigenvalue weighted by Crippen LogP contribution is -2.22. The van der Waals surface area contributed by atoms with Crippen molar-refractivity contribution in [1.29, 1.82) is 5.26 Å². The number of pyridine rings is 1. The molecular formula is C18H16N4O. The summed E-state index contributed by atoms with van der Waals surface area (Å²) in [5.74, 6) is 0. The molecule has 0 spiro atoms. The number of aromatic amines is 1. The van der Waals surface area contributed by atoms with Crippen LogP contribution in [0, 0.1) is 32.1 Å². The second-order valence-electron chi connectivity index (χ2n) is 5.53. The Morgan fingerprint density at radius 2 is 2.00 bits per heavy atom. The van der Waals surface area contributed by atoms with E-state index in [0.29, 0.717) is 11.3 Å². The van der Waals surface area contributed by atoms with Crippen molar-refractivity contribution in [2.75, 3.05) is 0 Å². The lowest BCUT2D eigenvalue weighted by atomic mass is 10.1. The number of H-pyrrole nitrogens is 1. The highest BCUT2D eigenvalue weighted by Gasteiger charge is 2.10. The van der Waals surface area contributed by atoms with E-state index in [1.165, 1.54) is 4.68 Å². The normalized spacial score (nSPS) is 11.2. The molecule has 0 radical (unpaired) electrons. The standard InChI is InChI=1S/C18H16N4O/c1-11-8-12(2)22(18(23)15(11)9-19)20-10-16-13(3)21-17-7-5-4-6-14(16)17/h4-8,10,21H,1-3H3/b20-10-. The maximum absolute atomic E-state index is 12.4. The number of fused-ring (bicyclic) bond motifs is 1. The van der Waals surface area contributed by atoms with Crippen LogP contribution in [0.2, 0.25) is 0 Å². The van der Waals surface area contributed by atoms with Crippen LogP contribution in [-0.4, -0.2) is 15.9 Å². The second-order valence-corrected chi connectivity index (χ2v) is 5.53. The Kier molecular flexibility index (Phi) is 3.59. The van der Waals surface area contributed by atoms with Crippen molar-refractivity contribution in [3.05, 3.63) is 68.8 Å². The van der Waals surface area contributed by atoms with Gasteiger partial charge in [0.05, 0.1) is 6.21 Å². The molecule has 3 aromatic rings. The number of rotatable bonds is 2.